The number of aromatic nitrogens is 2. The van der Waals surface area contributed by atoms with Crippen molar-refractivity contribution in [1.29, 1.82) is 0 Å². The highest BCUT2D eigenvalue weighted by Crippen LogP contribution is 2.14. The first-order valence-electron chi connectivity index (χ1n) is 6.21. The molecule has 1 amide bonds. The second-order valence-corrected chi connectivity index (χ2v) is 4.34. The number of halogens is 1. The molecule has 0 aliphatic rings. The predicted molar refractivity (Wildman–Crippen MR) is 72.5 cm³/mol. The molecule has 1 N–H and O–H groups in total. The van der Waals surface area contributed by atoms with Crippen molar-refractivity contribution in [2.75, 3.05) is 7.11 Å². The first kappa shape index (κ1) is 14.7. The van der Waals surface area contributed by atoms with E-state index in [9.17, 15) is 14.0 Å². The standard InChI is InChI=1S/C14H14FN3O3/c1-9(14(20)21-2)17-13(19)10-4-5-12(11(15)8-10)18-7-3-6-16-18/h3-9H,1-2H3,(H,17,19)/t9-/m0/s1. The summed E-state index contributed by atoms with van der Waals surface area (Å²) in [5, 5.41) is 6.35. The van der Waals surface area contributed by atoms with Gasteiger partial charge in [0.05, 0.1) is 7.11 Å². The lowest BCUT2D eigenvalue weighted by molar-refractivity contribution is -0.142. The summed E-state index contributed by atoms with van der Waals surface area (Å²) in [5.74, 6) is -1.71. The van der Waals surface area contributed by atoms with Crippen LogP contribution in [0.2, 0.25) is 0 Å². The Balaban J connectivity index is 2.16. The Morgan fingerprint density at radius 1 is 1.43 bits per heavy atom. The second-order valence-electron chi connectivity index (χ2n) is 4.34. The van der Waals surface area contributed by atoms with Crippen molar-refractivity contribution < 1.29 is 18.7 Å². The number of esters is 1. The van der Waals surface area contributed by atoms with Gasteiger partial charge in [-0.1, -0.05) is 0 Å². The van der Waals surface area contributed by atoms with Crippen LogP contribution in [-0.4, -0.2) is 34.8 Å². The summed E-state index contributed by atoms with van der Waals surface area (Å²) in [5.41, 5.74) is 0.344. The Morgan fingerprint density at radius 2 is 2.19 bits per heavy atom. The third-order valence-electron chi connectivity index (χ3n) is 2.86. The summed E-state index contributed by atoms with van der Waals surface area (Å²) in [6.45, 7) is 1.48. The van der Waals surface area contributed by atoms with Crippen molar-refractivity contribution in [3.05, 3.63) is 48.0 Å². The molecule has 0 saturated carbocycles. The lowest BCUT2D eigenvalue weighted by Gasteiger charge is -2.12. The van der Waals surface area contributed by atoms with Gasteiger partial charge in [0.2, 0.25) is 0 Å². The number of hydrogen-bond acceptors (Lipinski definition) is 4. The molecule has 1 atom stereocenters. The molecule has 0 bridgehead atoms. The molecule has 0 fully saturated rings. The average Bonchev–Trinajstić information content (AvgIpc) is 3.00. The largest absolute Gasteiger partial charge is 0.467 e. The molecule has 0 radical (unpaired) electrons. The number of ether oxygens (including phenoxy) is 1. The topological polar surface area (TPSA) is 73.2 Å². The summed E-state index contributed by atoms with van der Waals surface area (Å²) in [6, 6.07) is 4.85. The fourth-order valence-electron chi connectivity index (χ4n) is 1.76. The smallest absolute Gasteiger partial charge is 0.328 e. The van der Waals surface area contributed by atoms with E-state index in [1.165, 1.54) is 37.0 Å². The van der Waals surface area contributed by atoms with Gasteiger partial charge in [-0.3, -0.25) is 4.79 Å². The van der Waals surface area contributed by atoms with E-state index in [-0.39, 0.29) is 11.3 Å². The van der Waals surface area contributed by atoms with E-state index in [0.717, 1.165) is 6.07 Å². The number of hydrogen-bond donors (Lipinski definition) is 1. The van der Waals surface area contributed by atoms with Crippen molar-refractivity contribution in [3.8, 4) is 5.69 Å². The fourth-order valence-corrected chi connectivity index (χ4v) is 1.76. The maximum atomic E-state index is 14.0. The van der Waals surface area contributed by atoms with Gasteiger partial charge in [0, 0.05) is 18.0 Å². The maximum absolute atomic E-state index is 14.0. The van der Waals surface area contributed by atoms with Crippen LogP contribution < -0.4 is 5.32 Å². The normalized spacial score (nSPS) is 11.8. The van der Waals surface area contributed by atoms with Gasteiger partial charge < -0.3 is 10.1 Å². The van der Waals surface area contributed by atoms with Gasteiger partial charge in [-0.25, -0.2) is 13.9 Å². The minimum Gasteiger partial charge on any atom is -0.467 e. The van der Waals surface area contributed by atoms with Crippen LogP contribution in [0.5, 0.6) is 0 Å². The zero-order chi connectivity index (χ0) is 15.4. The maximum Gasteiger partial charge on any atom is 0.328 e. The molecular formula is C14H14FN3O3. The van der Waals surface area contributed by atoms with Crippen LogP contribution in [0.3, 0.4) is 0 Å². The molecule has 110 valence electrons. The molecule has 0 unspecified atom stereocenters. The minimum atomic E-state index is -0.809. The number of nitrogens with one attached hydrogen (secondary N) is 1. The van der Waals surface area contributed by atoms with E-state index in [4.69, 9.17) is 0 Å². The van der Waals surface area contributed by atoms with Crippen molar-refractivity contribution in [2.24, 2.45) is 0 Å². The quantitative estimate of drug-likeness (QED) is 0.862. The van der Waals surface area contributed by atoms with Gasteiger partial charge in [-0.05, 0) is 31.2 Å². The van der Waals surface area contributed by atoms with Crippen molar-refractivity contribution in [2.45, 2.75) is 13.0 Å². The third-order valence-corrected chi connectivity index (χ3v) is 2.86. The molecule has 0 aliphatic carbocycles. The van der Waals surface area contributed by atoms with E-state index in [2.05, 4.69) is 15.2 Å². The van der Waals surface area contributed by atoms with Gasteiger partial charge >= 0.3 is 5.97 Å². The highest BCUT2D eigenvalue weighted by atomic mass is 19.1. The predicted octanol–water partition coefficient (Wildman–Crippen LogP) is 1.30. The van der Waals surface area contributed by atoms with Crippen LogP contribution in [0, 0.1) is 5.82 Å². The molecule has 1 aromatic carbocycles. The molecule has 2 rings (SSSR count). The fraction of sp³-hybridized carbons (Fsp3) is 0.214. The first-order chi connectivity index (χ1) is 10.0. The number of rotatable bonds is 4. The molecule has 2 aromatic rings. The molecule has 0 spiro atoms. The number of benzene rings is 1. The Hall–Kier alpha value is -2.70. The van der Waals surface area contributed by atoms with Gasteiger partial charge in [0.15, 0.2) is 0 Å². The van der Waals surface area contributed by atoms with Crippen LogP contribution in [0.4, 0.5) is 4.39 Å². The summed E-state index contributed by atoms with van der Waals surface area (Å²) >= 11 is 0. The molecule has 1 aromatic heterocycles. The van der Waals surface area contributed by atoms with Crippen LogP contribution in [0.25, 0.3) is 5.69 Å². The SMILES string of the molecule is COC(=O)[C@H](C)NC(=O)c1ccc(-n2cccn2)c(F)c1. The molecular weight excluding hydrogens is 277 g/mol. The zero-order valence-electron chi connectivity index (χ0n) is 11.5. The highest BCUT2D eigenvalue weighted by molar-refractivity contribution is 5.96. The number of amides is 1. The summed E-state index contributed by atoms with van der Waals surface area (Å²) in [4.78, 5) is 23.1. The highest BCUT2D eigenvalue weighted by Gasteiger charge is 2.18. The van der Waals surface area contributed by atoms with E-state index in [1.54, 1.807) is 12.3 Å². The van der Waals surface area contributed by atoms with E-state index < -0.39 is 23.7 Å². The van der Waals surface area contributed by atoms with Crippen LogP contribution in [-0.2, 0) is 9.53 Å². The zero-order valence-corrected chi connectivity index (χ0v) is 11.5. The van der Waals surface area contributed by atoms with Gasteiger partial charge in [0.1, 0.15) is 17.5 Å². The second kappa shape index (κ2) is 6.17. The monoisotopic (exact) mass is 291 g/mol. The van der Waals surface area contributed by atoms with Crippen LogP contribution in [0.15, 0.2) is 36.7 Å². The van der Waals surface area contributed by atoms with Crippen LogP contribution >= 0.6 is 0 Å². The van der Waals surface area contributed by atoms with Gasteiger partial charge in [0.25, 0.3) is 5.91 Å². The Labute approximate surface area is 120 Å². The minimum absolute atomic E-state index is 0.110. The average molecular weight is 291 g/mol. The van der Waals surface area contributed by atoms with Crippen molar-refractivity contribution >= 4 is 11.9 Å². The van der Waals surface area contributed by atoms with Gasteiger partial charge in [-0.2, -0.15) is 5.10 Å². The Kier molecular flexibility index (Phi) is 4.32. The lowest BCUT2D eigenvalue weighted by atomic mass is 10.1. The molecule has 1 heterocycles. The van der Waals surface area contributed by atoms with Crippen molar-refractivity contribution in [3.63, 3.8) is 0 Å². The lowest BCUT2D eigenvalue weighted by Crippen LogP contribution is -2.39. The molecule has 0 aliphatic heterocycles. The molecule has 0 saturated heterocycles. The third kappa shape index (κ3) is 3.25. The van der Waals surface area contributed by atoms with E-state index >= 15 is 0 Å². The number of carbonyl (C=O) groups excluding carboxylic acids is 2. The Morgan fingerprint density at radius 3 is 2.76 bits per heavy atom. The number of methoxy groups -OCH3 is 1. The molecule has 7 heteroatoms. The van der Waals surface area contributed by atoms with Crippen molar-refractivity contribution in [1.82, 2.24) is 15.1 Å². The summed E-state index contributed by atoms with van der Waals surface area (Å²) in [6.07, 6.45) is 3.12. The van der Waals surface area contributed by atoms with E-state index in [0.29, 0.717) is 0 Å². The molecule has 21 heavy (non-hydrogen) atoms. The molecule has 6 nitrogen and oxygen atoms in total. The summed E-state index contributed by atoms with van der Waals surface area (Å²) < 4.78 is 19.9. The van der Waals surface area contributed by atoms with Gasteiger partial charge in [-0.15, -0.1) is 0 Å². The van der Waals surface area contributed by atoms with Crippen LogP contribution in [0.1, 0.15) is 17.3 Å². The number of carbonyl (C=O) groups is 2. The van der Waals surface area contributed by atoms with E-state index in [1.807, 2.05) is 0 Å². The first-order valence-corrected chi connectivity index (χ1v) is 6.21. The number of nitrogens with zero attached hydrogens (tertiary/aromatic N) is 2. The Bertz CT molecular complexity index is 655. The summed E-state index contributed by atoms with van der Waals surface area (Å²) in [7, 11) is 1.23.